The van der Waals surface area contributed by atoms with E-state index in [-0.39, 0.29) is 0 Å². The van der Waals surface area contributed by atoms with E-state index in [1.54, 1.807) is 0 Å². The van der Waals surface area contributed by atoms with E-state index in [9.17, 15) is 0 Å². The summed E-state index contributed by atoms with van der Waals surface area (Å²) in [6, 6.07) is 0. The monoisotopic (exact) mass is 428 g/mol. The predicted molar refractivity (Wildman–Crippen MR) is 97.3 cm³/mol. The van der Waals surface area contributed by atoms with Crippen molar-refractivity contribution in [3.8, 4) is 0 Å². The van der Waals surface area contributed by atoms with Crippen LogP contribution in [0.4, 0.5) is 0 Å². The van der Waals surface area contributed by atoms with E-state index in [1.807, 2.05) is 0 Å². The number of rotatable bonds is 15. The summed E-state index contributed by atoms with van der Waals surface area (Å²) in [5, 5.41) is 0. The minimum atomic E-state index is -0.909. The molecule has 0 unspecified atom stereocenters. The van der Waals surface area contributed by atoms with Crippen LogP contribution in [-0.2, 0) is 32.9 Å². The molecule has 0 spiro atoms. The van der Waals surface area contributed by atoms with E-state index in [1.165, 1.54) is 0 Å². The van der Waals surface area contributed by atoms with Crippen LogP contribution < -0.4 is 0 Å². The molecule has 116 valence electrons. The first kappa shape index (κ1) is 20.6. The molecule has 0 aliphatic carbocycles. The van der Waals surface area contributed by atoms with Gasteiger partial charge in [-0.2, -0.15) is 0 Å². The lowest BCUT2D eigenvalue weighted by Gasteiger charge is -2.09. The van der Waals surface area contributed by atoms with E-state index < -0.39 is 79.1 Å². The van der Waals surface area contributed by atoms with Gasteiger partial charge in [0.1, 0.15) is 10.5 Å². The second-order valence-corrected chi connectivity index (χ2v) is 20.7. The zero-order valence-electron chi connectivity index (χ0n) is 11.8. The Labute approximate surface area is 135 Å². The van der Waals surface area contributed by atoms with Crippen molar-refractivity contribution in [2.75, 3.05) is 0 Å². The van der Waals surface area contributed by atoms with Crippen molar-refractivity contribution >= 4 is 89.6 Å². The third-order valence-corrected chi connectivity index (χ3v) is 13.7. The van der Waals surface area contributed by atoms with Crippen LogP contribution in [0.15, 0.2) is 0 Å². The zero-order valence-corrected chi connectivity index (χ0v) is 24.8. The van der Waals surface area contributed by atoms with Gasteiger partial charge in [0.05, 0.1) is 0 Å². The van der Waals surface area contributed by atoms with Gasteiger partial charge >= 0.3 is 0 Å². The highest BCUT2D eigenvalue weighted by Crippen LogP contribution is 1.81. The molecule has 0 aromatic rings. The molecule has 0 aromatic carbocycles. The smallest absolute Gasteiger partial charge is 0.286 e. The molecule has 0 rings (SSSR count). The molecule has 0 heterocycles. The molecule has 0 saturated carbocycles. The largest absolute Gasteiger partial charge is 0.449 e. The quantitative estimate of drug-likeness (QED) is 0.188. The van der Waals surface area contributed by atoms with Gasteiger partial charge in [0, 0.05) is 0 Å². The fourth-order valence-electron chi connectivity index (χ4n) is 0.766. The molecule has 0 aliphatic heterocycles. The van der Waals surface area contributed by atoms with E-state index in [0.717, 1.165) is 10.5 Å². The Hall–Kier alpha value is 1.63. The predicted octanol–water partition coefficient (Wildman–Crippen LogP) is -7.63. The van der Waals surface area contributed by atoms with E-state index >= 15 is 0 Å². The van der Waals surface area contributed by atoms with Crippen molar-refractivity contribution in [2.45, 2.75) is 13.1 Å². The highest BCUT2D eigenvalue weighted by molar-refractivity contribution is 6.56. The third-order valence-electron chi connectivity index (χ3n) is 1.52. The second kappa shape index (κ2) is 17.7. The second-order valence-electron chi connectivity index (χ2n) is 3.55. The summed E-state index contributed by atoms with van der Waals surface area (Å²) in [5.74, 6) is 0. The molecule has 0 bridgehead atoms. The summed E-state index contributed by atoms with van der Waals surface area (Å²) in [4.78, 5) is 0. The molecule has 0 fully saturated rings. The molecule has 0 saturated heterocycles. The van der Waals surface area contributed by atoms with Crippen LogP contribution in [0.3, 0.4) is 0 Å². The van der Waals surface area contributed by atoms with Crippen LogP contribution in [0.5, 0.6) is 0 Å². The van der Waals surface area contributed by atoms with Crippen molar-refractivity contribution < 1.29 is 32.9 Å². The minimum absolute atomic E-state index is 0.723. The van der Waals surface area contributed by atoms with Crippen LogP contribution in [-0.4, -0.2) is 89.6 Å². The van der Waals surface area contributed by atoms with Gasteiger partial charge < -0.3 is 32.9 Å². The maximum absolute atomic E-state index is 5.49. The molecule has 0 radical (unpaired) electrons. The lowest BCUT2D eigenvalue weighted by atomic mass is 11.9. The molecule has 17 heteroatoms. The van der Waals surface area contributed by atoms with Crippen molar-refractivity contribution in [3.63, 3.8) is 0 Å². The summed E-state index contributed by atoms with van der Waals surface area (Å²) in [5.41, 5.74) is 0. The molecule has 0 amide bonds. The van der Waals surface area contributed by atoms with Crippen molar-refractivity contribution in [3.05, 3.63) is 0 Å². The fraction of sp³-hybridized carbons (Fsp3) is 1.00. The highest BCUT2D eigenvalue weighted by Gasteiger charge is 1.97. The Morgan fingerprint density at radius 3 is 1.37 bits per heavy atom. The Morgan fingerprint density at radius 1 is 0.632 bits per heavy atom. The van der Waals surface area contributed by atoms with Crippen LogP contribution >= 0.6 is 0 Å². The zero-order chi connectivity index (χ0) is 14.2. The molecule has 19 heavy (non-hydrogen) atoms. The van der Waals surface area contributed by atoms with E-state index in [4.69, 9.17) is 32.9 Å². The average molecular weight is 429 g/mol. The molecule has 0 aromatic heterocycles. The summed E-state index contributed by atoms with van der Waals surface area (Å²) in [7, 11) is -6.02. The van der Waals surface area contributed by atoms with Gasteiger partial charge in [-0.3, -0.25) is 0 Å². The molecule has 0 atom stereocenters. The molecule has 0 aliphatic rings. The summed E-state index contributed by atoms with van der Waals surface area (Å²) < 4.78 is 42.6. The number of hydrogen-bond acceptors (Lipinski definition) is 8. The van der Waals surface area contributed by atoms with Crippen molar-refractivity contribution in [1.29, 1.82) is 0 Å². The van der Waals surface area contributed by atoms with Gasteiger partial charge in [-0.1, -0.05) is 0 Å². The lowest BCUT2D eigenvalue weighted by molar-refractivity contribution is 0.367. The first-order valence-electron chi connectivity index (χ1n) is 5.84. The summed E-state index contributed by atoms with van der Waals surface area (Å²) in [6.07, 6.45) is 0. The van der Waals surface area contributed by atoms with Gasteiger partial charge in [0.25, 0.3) is 70.0 Å². The van der Waals surface area contributed by atoms with E-state index in [2.05, 4.69) is 13.1 Å². The van der Waals surface area contributed by atoms with Gasteiger partial charge in [0.15, 0.2) is 9.04 Å². The van der Waals surface area contributed by atoms with E-state index in [0.29, 0.717) is 0 Å². The Balaban J connectivity index is 2.91. The standard InChI is InChI=1S/C2H24O8Si9/c1-19(2)10-18-9-17-8-16-7-15-6-14-5-13-4-12-3-11/h19H,12-18H2,1-2,11H3. The minimum Gasteiger partial charge on any atom is -0.449 e. The first-order valence-corrected chi connectivity index (χ1v) is 17.5. The van der Waals surface area contributed by atoms with Gasteiger partial charge in [-0.15, -0.1) is 0 Å². The third kappa shape index (κ3) is 19.6. The van der Waals surface area contributed by atoms with Gasteiger partial charge in [-0.05, 0) is 13.1 Å². The van der Waals surface area contributed by atoms with Crippen molar-refractivity contribution in [2.24, 2.45) is 0 Å². The SMILES string of the molecule is C[SiH](C)O[SiH2]O[SiH2]O[SiH2]O[SiH2]O[SiH2]O[SiH2]O[SiH2]O[SiH3]. The Bertz CT molecular complexity index is 174. The lowest BCUT2D eigenvalue weighted by Crippen LogP contribution is -2.21. The average Bonchev–Trinajstić information content (AvgIpc) is 2.39. The van der Waals surface area contributed by atoms with Crippen LogP contribution in [0, 0.1) is 0 Å². The summed E-state index contributed by atoms with van der Waals surface area (Å²) in [6.45, 7) is 4.28. The van der Waals surface area contributed by atoms with Gasteiger partial charge in [-0.25, -0.2) is 0 Å². The van der Waals surface area contributed by atoms with Crippen LogP contribution in [0.1, 0.15) is 0 Å². The highest BCUT2D eigenvalue weighted by atomic mass is 28.4. The molecule has 0 N–H and O–H groups in total. The topological polar surface area (TPSA) is 73.8 Å². The fourth-order valence-corrected chi connectivity index (χ4v) is 14.6. The molecular formula is C2H24O8Si9. The summed E-state index contributed by atoms with van der Waals surface area (Å²) >= 11 is 0. The molecule has 8 nitrogen and oxygen atoms in total. The Morgan fingerprint density at radius 2 is 1.00 bits per heavy atom. The van der Waals surface area contributed by atoms with Crippen LogP contribution in [0.2, 0.25) is 13.1 Å². The Kier molecular flexibility index (Phi) is 19.2. The maximum Gasteiger partial charge on any atom is 0.286 e. The van der Waals surface area contributed by atoms with Crippen LogP contribution in [0.25, 0.3) is 0 Å². The maximum atomic E-state index is 5.49. The normalized spacial score (nSPS) is 15.9. The van der Waals surface area contributed by atoms with Crippen molar-refractivity contribution in [1.82, 2.24) is 0 Å². The molecular weight excluding hydrogens is 405 g/mol. The first-order chi connectivity index (χ1) is 9.27. The number of hydrogen-bond donors (Lipinski definition) is 0. The van der Waals surface area contributed by atoms with Gasteiger partial charge in [0.2, 0.25) is 0 Å².